The molecule has 1 heterocycles. The van der Waals surface area contributed by atoms with Gasteiger partial charge in [0.05, 0.1) is 32.2 Å². The number of nitrogens with zero attached hydrogens (tertiary/aromatic N) is 2. The first-order chi connectivity index (χ1) is 16.6. The van der Waals surface area contributed by atoms with Gasteiger partial charge in [0.1, 0.15) is 17.2 Å². The Morgan fingerprint density at radius 3 is 2.47 bits per heavy atom. The number of carbonyl (C=O) groups excluding carboxylic acids is 1. The summed E-state index contributed by atoms with van der Waals surface area (Å²) < 4.78 is 18.4. The summed E-state index contributed by atoms with van der Waals surface area (Å²) in [5.41, 5.74) is 5.55. The molecule has 1 aromatic heterocycles. The van der Waals surface area contributed by atoms with Gasteiger partial charge >= 0.3 is 5.97 Å². The number of hydrogen-bond acceptors (Lipinski definition) is 5. The third kappa shape index (κ3) is 4.96. The van der Waals surface area contributed by atoms with Crippen LogP contribution in [0.2, 0.25) is 0 Å². The van der Waals surface area contributed by atoms with Crippen LogP contribution in [0.15, 0.2) is 78.9 Å². The SMILES string of the molecule is COC(=O)CCCOc1ccccc1-c1cc(-c2ccccc2)n(-c2cccc(C)c2OC)n1. The van der Waals surface area contributed by atoms with E-state index in [9.17, 15) is 4.79 Å². The number of para-hydroxylation sites is 2. The third-order valence-corrected chi connectivity index (χ3v) is 5.58. The Hall–Kier alpha value is -4.06. The lowest BCUT2D eigenvalue weighted by atomic mass is 10.1. The molecule has 6 nitrogen and oxygen atoms in total. The Morgan fingerprint density at radius 2 is 1.71 bits per heavy atom. The molecule has 34 heavy (non-hydrogen) atoms. The Balaban J connectivity index is 1.75. The number of aryl methyl sites for hydroxylation is 1. The van der Waals surface area contributed by atoms with Crippen LogP contribution >= 0.6 is 0 Å². The maximum Gasteiger partial charge on any atom is 0.305 e. The van der Waals surface area contributed by atoms with Gasteiger partial charge in [-0.25, -0.2) is 4.68 Å². The molecule has 0 N–H and O–H groups in total. The van der Waals surface area contributed by atoms with E-state index in [-0.39, 0.29) is 5.97 Å². The molecule has 0 aliphatic heterocycles. The number of rotatable bonds is 9. The van der Waals surface area contributed by atoms with Gasteiger partial charge in [-0.3, -0.25) is 4.79 Å². The Bertz CT molecular complexity index is 1260. The van der Waals surface area contributed by atoms with Gasteiger partial charge in [-0.1, -0.05) is 54.6 Å². The van der Waals surface area contributed by atoms with E-state index in [4.69, 9.17) is 19.3 Å². The predicted octanol–water partition coefficient (Wildman–Crippen LogP) is 5.86. The lowest BCUT2D eigenvalue weighted by Crippen LogP contribution is -2.05. The standard InChI is InChI=1S/C28H28N2O4/c1-20-11-9-15-24(28(20)33-3)30-25(21-12-5-4-6-13-21)19-23(29-30)22-14-7-8-16-26(22)34-18-10-17-27(31)32-2/h4-9,11-16,19H,10,17-18H2,1-3H3. The fourth-order valence-electron chi connectivity index (χ4n) is 3.89. The van der Waals surface area contributed by atoms with Crippen molar-refractivity contribution in [2.45, 2.75) is 19.8 Å². The van der Waals surface area contributed by atoms with Crippen LogP contribution in [-0.4, -0.2) is 36.6 Å². The molecule has 4 rings (SSSR count). The van der Waals surface area contributed by atoms with Crippen LogP contribution in [0.4, 0.5) is 0 Å². The molecule has 0 atom stereocenters. The number of ether oxygens (including phenoxy) is 3. The van der Waals surface area contributed by atoms with E-state index in [1.54, 1.807) is 7.11 Å². The first-order valence-electron chi connectivity index (χ1n) is 11.2. The normalized spacial score (nSPS) is 10.7. The van der Waals surface area contributed by atoms with Crippen LogP contribution in [0.5, 0.6) is 11.5 Å². The van der Waals surface area contributed by atoms with E-state index < -0.39 is 0 Å². The maximum absolute atomic E-state index is 11.4. The molecule has 3 aromatic carbocycles. The first kappa shape index (κ1) is 23.1. The van der Waals surface area contributed by atoms with Crippen LogP contribution in [0.3, 0.4) is 0 Å². The second kappa shape index (κ2) is 10.7. The summed E-state index contributed by atoms with van der Waals surface area (Å²) in [7, 11) is 3.07. The Morgan fingerprint density at radius 1 is 0.941 bits per heavy atom. The molecule has 6 heteroatoms. The summed E-state index contributed by atoms with van der Waals surface area (Å²) in [5.74, 6) is 1.25. The van der Waals surface area contributed by atoms with Crippen LogP contribution in [-0.2, 0) is 9.53 Å². The zero-order chi connectivity index (χ0) is 23.9. The number of aromatic nitrogens is 2. The highest BCUT2D eigenvalue weighted by Crippen LogP contribution is 2.36. The van der Waals surface area contributed by atoms with Crippen molar-refractivity contribution < 1.29 is 19.0 Å². The average Bonchev–Trinajstić information content (AvgIpc) is 3.32. The van der Waals surface area contributed by atoms with Gasteiger partial charge in [0.2, 0.25) is 0 Å². The fraction of sp³-hybridized carbons (Fsp3) is 0.214. The first-order valence-corrected chi connectivity index (χ1v) is 11.2. The van der Waals surface area contributed by atoms with Crippen LogP contribution in [0.1, 0.15) is 18.4 Å². The summed E-state index contributed by atoms with van der Waals surface area (Å²) in [6.45, 7) is 2.43. The van der Waals surface area contributed by atoms with Gasteiger partial charge in [0, 0.05) is 17.5 Å². The van der Waals surface area contributed by atoms with Gasteiger partial charge in [0.15, 0.2) is 0 Å². The highest BCUT2D eigenvalue weighted by Gasteiger charge is 2.18. The van der Waals surface area contributed by atoms with Crippen molar-refractivity contribution in [3.8, 4) is 39.7 Å². The second-order valence-corrected chi connectivity index (χ2v) is 7.84. The van der Waals surface area contributed by atoms with Gasteiger partial charge in [-0.15, -0.1) is 0 Å². The van der Waals surface area contributed by atoms with Crippen molar-refractivity contribution >= 4 is 5.97 Å². The van der Waals surface area contributed by atoms with E-state index in [1.807, 2.05) is 72.3 Å². The third-order valence-electron chi connectivity index (χ3n) is 5.58. The fourth-order valence-corrected chi connectivity index (χ4v) is 3.89. The summed E-state index contributed by atoms with van der Waals surface area (Å²) in [6, 6.07) is 26.0. The van der Waals surface area contributed by atoms with Crippen LogP contribution in [0.25, 0.3) is 28.2 Å². The monoisotopic (exact) mass is 456 g/mol. The number of benzene rings is 3. The molecule has 0 amide bonds. The molecule has 4 aromatic rings. The molecule has 0 saturated heterocycles. The molecule has 0 radical (unpaired) electrons. The predicted molar refractivity (Wildman–Crippen MR) is 132 cm³/mol. The lowest BCUT2D eigenvalue weighted by molar-refractivity contribution is -0.140. The topological polar surface area (TPSA) is 62.6 Å². The van der Waals surface area contributed by atoms with E-state index in [1.165, 1.54) is 7.11 Å². The molecule has 0 fully saturated rings. The summed E-state index contributed by atoms with van der Waals surface area (Å²) in [4.78, 5) is 11.4. The Kier molecular flexibility index (Phi) is 7.28. The highest BCUT2D eigenvalue weighted by atomic mass is 16.5. The minimum atomic E-state index is -0.241. The Labute approximate surface area is 199 Å². The number of hydrogen-bond donors (Lipinski definition) is 0. The largest absolute Gasteiger partial charge is 0.494 e. The smallest absolute Gasteiger partial charge is 0.305 e. The van der Waals surface area contributed by atoms with E-state index in [0.29, 0.717) is 25.2 Å². The number of methoxy groups -OCH3 is 2. The van der Waals surface area contributed by atoms with Crippen LogP contribution in [0, 0.1) is 6.92 Å². The summed E-state index contributed by atoms with van der Waals surface area (Å²) in [5, 5.41) is 4.99. The van der Waals surface area contributed by atoms with E-state index >= 15 is 0 Å². The van der Waals surface area contributed by atoms with Crippen molar-refractivity contribution in [3.05, 3.63) is 84.4 Å². The molecule has 0 saturated carbocycles. The molecule has 0 unspecified atom stereocenters. The van der Waals surface area contributed by atoms with Gasteiger partial charge in [0.25, 0.3) is 0 Å². The molecule has 0 spiro atoms. The van der Waals surface area contributed by atoms with Crippen LogP contribution < -0.4 is 9.47 Å². The zero-order valence-electron chi connectivity index (χ0n) is 19.7. The average molecular weight is 457 g/mol. The van der Waals surface area contributed by atoms with Crippen molar-refractivity contribution in [2.75, 3.05) is 20.8 Å². The molecular weight excluding hydrogens is 428 g/mol. The molecule has 0 aliphatic carbocycles. The van der Waals surface area contributed by atoms with Crippen molar-refractivity contribution in [3.63, 3.8) is 0 Å². The van der Waals surface area contributed by atoms with Crippen molar-refractivity contribution in [1.29, 1.82) is 0 Å². The van der Waals surface area contributed by atoms with Crippen molar-refractivity contribution in [1.82, 2.24) is 9.78 Å². The number of carbonyl (C=O) groups is 1. The maximum atomic E-state index is 11.4. The molecule has 174 valence electrons. The molecular formula is C28H28N2O4. The quantitative estimate of drug-likeness (QED) is 0.233. The molecule has 0 bridgehead atoms. The minimum absolute atomic E-state index is 0.241. The minimum Gasteiger partial charge on any atom is -0.494 e. The van der Waals surface area contributed by atoms with Gasteiger partial charge in [-0.2, -0.15) is 5.10 Å². The summed E-state index contributed by atoms with van der Waals surface area (Å²) >= 11 is 0. The summed E-state index contributed by atoms with van der Waals surface area (Å²) in [6.07, 6.45) is 0.893. The van der Waals surface area contributed by atoms with Gasteiger partial charge < -0.3 is 14.2 Å². The van der Waals surface area contributed by atoms with E-state index in [0.717, 1.165) is 39.5 Å². The molecule has 0 aliphatic rings. The van der Waals surface area contributed by atoms with Gasteiger partial charge in [-0.05, 0) is 43.2 Å². The number of esters is 1. The second-order valence-electron chi connectivity index (χ2n) is 7.84. The van der Waals surface area contributed by atoms with Crippen molar-refractivity contribution in [2.24, 2.45) is 0 Å². The zero-order valence-corrected chi connectivity index (χ0v) is 19.7. The lowest BCUT2D eigenvalue weighted by Gasteiger charge is -2.14. The highest BCUT2D eigenvalue weighted by molar-refractivity contribution is 5.74. The van der Waals surface area contributed by atoms with E-state index in [2.05, 4.69) is 18.2 Å².